The molecule has 1 aromatic carbocycles. The van der Waals surface area contributed by atoms with Gasteiger partial charge in [0, 0.05) is 42.8 Å². The van der Waals surface area contributed by atoms with Crippen LogP contribution in [0.2, 0.25) is 0 Å². The average molecular weight is 555 g/mol. The molecule has 2 aliphatic rings. The predicted octanol–water partition coefficient (Wildman–Crippen LogP) is 6.21. The Morgan fingerprint density at radius 2 is 1.88 bits per heavy atom. The lowest BCUT2D eigenvalue weighted by Crippen LogP contribution is -2.14. The first-order valence-electron chi connectivity index (χ1n) is 14.4. The van der Waals surface area contributed by atoms with E-state index >= 15 is 0 Å². The van der Waals surface area contributed by atoms with Crippen LogP contribution in [-0.4, -0.2) is 42.0 Å². The van der Waals surface area contributed by atoms with Crippen LogP contribution >= 0.6 is 0 Å². The number of fused-ring (bicyclic) bond motifs is 1. The number of carbonyl (C=O) groups excluding carboxylic acids is 1. The molecule has 0 radical (unpaired) electrons. The normalized spacial score (nSPS) is 16.6. The summed E-state index contributed by atoms with van der Waals surface area (Å²) in [6.45, 7) is 11.0. The number of benzene rings is 1. The van der Waals surface area contributed by atoms with Crippen LogP contribution in [0.4, 0.5) is 5.69 Å². The van der Waals surface area contributed by atoms with Gasteiger partial charge in [-0.1, -0.05) is 45.0 Å². The van der Waals surface area contributed by atoms with Crippen molar-refractivity contribution in [1.82, 2.24) is 34.9 Å². The molecule has 1 saturated heterocycles. The van der Waals surface area contributed by atoms with Crippen molar-refractivity contribution in [3.63, 3.8) is 0 Å². The zero-order chi connectivity index (χ0) is 29.1. The fourth-order valence-corrected chi connectivity index (χ4v) is 5.11. The fourth-order valence-electron chi connectivity index (χ4n) is 5.11. The Morgan fingerprint density at radius 1 is 1.10 bits per heavy atom. The third-order valence-electron chi connectivity index (χ3n) is 7.57. The first-order chi connectivity index (χ1) is 20.0. The minimum atomic E-state index is -0.237. The minimum absolute atomic E-state index is 0.113. The lowest BCUT2D eigenvalue weighted by atomic mass is 10.0. The van der Waals surface area contributed by atoms with Crippen molar-refractivity contribution >= 4 is 17.1 Å². The quantitative estimate of drug-likeness (QED) is 0.265. The zero-order valence-corrected chi connectivity index (χ0v) is 24.6. The van der Waals surface area contributed by atoms with Gasteiger partial charge in [-0.15, -0.1) is 0 Å². The lowest BCUT2D eigenvalue weighted by molar-refractivity contribution is 0.102. The van der Waals surface area contributed by atoms with E-state index < -0.39 is 0 Å². The summed E-state index contributed by atoms with van der Waals surface area (Å²) in [7, 11) is 1.88. The highest BCUT2D eigenvalue weighted by Crippen LogP contribution is 2.54. The summed E-state index contributed by atoms with van der Waals surface area (Å²) in [6.07, 6.45) is 8.94. The third-order valence-corrected chi connectivity index (χ3v) is 7.57. The fraction of sp³-hybridized carbons (Fsp3) is 0.387. The second-order valence-corrected chi connectivity index (χ2v) is 10.3. The van der Waals surface area contributed by atoms with Crippen LogP contribution < -0.4 is 10.6 Å². The molecule has 0 unspecified atom stereocenters. The Bertz CT molecular complexity index is 1660. The number of aromatic nitrogens is 6. The van der Waals surface area contributed by atoms with E-state index in [4.69, 9.17) is 4.52 Å². The summed E-state index contributed by atoms with van der Waals surface area (Å²) in [6, 6.07) is 11.7. The summed E-state index contributed by atoms with van der Waals surface area (Å²) in [5, 5.41) is 19.6. The van der Waals surface area contributed by atoms with Crippen molar-refractivity contribution < 1.29 is 9.32 Å². The molecule has 2 fully saturated rings. The molecule has 10 heteroatoms. The molecule has 0 bridgehead atoms. The maximum atomic E-state index is 13.3. The van der Waals surface area contributed by atoms with Crippen molar-refractivity contribution in [2.75, 3.05) is 11.9 Å². The molecule has 5 aromatic rings. The molecule has 7 rings (SSSR count). The van der Waals surface area contributed by atoms with E-state index in [1.807, 2.05) is 90.5 Å². The van der Waals surface area contributed by atoms with Crippen molar-refractivity contribution in [2.45, 2.75) is 59.9 Å². The second-order valence-electron chi connectivity index (χ2n) is 10.3. The standard InChI is InChI=1S/C27H26N8O2.2C2H6/c1-16-3-4-17(24-31-26(37-33-24)22-12-27(8-9-27)15-28-22)11-21(16)30-25(36)19-13-29-35-14-18(5-6-23(19)35)20-7-10-34(2)32-20;2*1-2/h3-7,10-11,13-14,22,28H,8-9,12,15H2,1-2H3,(H,30,36);2*1-2H3/t22-;;/m0../s1. The minimum Gasteiger partial charge on any atom is -0.337 e. The lowest BCUT2D eigenvalue weighted by Gasteiger charge is -2.09. The van der Waals surface area contributed by atoms with Gasteiger partial charge in [0.15, 0.2) is 0 Å². The molecule has 1 spiro atoms. The summed E-state index contributed by atoms with van der Waals surface area (Å²) in [5.41, 5.74) is 5.82. The number of aryl methyl sites for hydroxylation is 2. The van der Waals surface area contributed by atoms with E-state index in [9.17, 15) is 4.79 Å². The predicted molar refractivity (Wildman–Crippen MR) is 160 cm³/mol. The van der Waals surface area contributed by atoms with Gasteiger partial charge in [-0.2, -0.15) is 15.2 Å². The van der Waals surface area contributed by atoms with Crippen LogP contribution in [0.5, 0.6) is 0 Å². The van der Waals surface area contributed by atoms with E-state index in [1.54, 1.807) is 15.4 Å². The number of carbonyl (C=O) groups is 1. The van der Waals surface area contributed by atoms with Crippen LogP contribution in [0, 0.1) is 12.3 Å². The maximum Gasteiger partial charge on any atom is 0.259 e. The van der Waals surface area contributed by atoms with Crippen molar-refractivity contribution in [2.24, 2.45) is 12.5 Å². The van der Waals surface area contributed by atoms with Crippen LogP contribution in [-0.2, 0) is 7.05 Å². The van der Waals surface area contributed by atoms with Gasteiger partial charge in [0.2, 0.25) is 11.7 Å². The summed E-state index contributed by atoms with van der Waals surface area (Å²) >= 11 is 0. The number of amides is 1. The molecular formula is C31H38N8O2. The molecule has 1 amide bonds. The van der Waals surface area contributed by atoms with Crippen molar-refractivity contribution in [1.29, 1.82) is 0 Å². The Hall–Kier alpha value is -4.31. The number of nitrogens with zero attached hydrogens (tertiary/aromatic N) is 6. The van der Waals surface area contributed by atoms with Crippen LogP contribution in [0.15, 0.2) is 59.5 Å². The molecule has 1 saturated carbocycles. The van der Waals surface area contributed by atoms with Gasteiger partial charge in [0.05, 0.1) is 29.0 Å². The number of anilines is 1. The Kier molecular flexibility index (Phi) is 8.03. The smallest absolute Gasteiger partial charge is 0.259 e. The summed E-state index contributed by atoms with van der Waals surface area (Å²) < 4.78 is 9.05. The monoisotopic (exact) mass is 554 g/mol. The molecule has 41 heavy (non-hydrogen) atoms. The van der Waals surface area contributed by atoms with E-state index in [0.717, 1.165) is 35.3 Å². The molecule has 1 atom stereocenters. The van der Waals surface area contributed by atoms with Gasteiger partial charge in [-0.25, -0.2) is 4.52 Å². The molecule has 1 aliphatic carbocycles. The number of hydrogen-bond acceptors (Lipinski definition) is 7. The van der Waals surface area contributed by atoms with Crippen molar-refractivity contribution in [3.05, 3.63) is 72.0 Å². The number of rotatable bonds is 5. The number of pyridine rings is 1. The number of nitrogens with one attached hydrogen (secondary N) is 2. The van der Waals surface area contributed by atoms with E-state index in [2.05, 4.69) is 31.0 Å². The molecule has 1 aliphatic heterocycles. The molecule has 4 aromatic heterocycles. The topological polar surface area (TPSA) is 115 Å². The van der Waals surface area contributed by atoms with E-state index in [-0.39, 0.29) is 11.9 Å². The third kappa shape index (κ3) is 5.65. The van der Waals surface area contributed by atoms with Crippen molar-refractivity contribution in [3.8, 4) is 22.6 Å². The highest BCUT2D eigenvalue weighted by Gasteiger charge is 2.49. The molecular weight excluding hydrogens is 516 g/mol. The van der Waals surface area contributed by atoms with Gasteiger partial charge < -0.3 is 15.2 Å². The maximum absolute atomic E-state index is 13.3. The van der Waals surface area contributed by atoms with E-state index in [1.165, 1.54) is 12.8 Å². The Morgan fingerprint density at radius 3 is 2.59 bits per heavy atom. The van der Waals surface area contributed by atoms with Gasteiger partial charge >= 0.3 is 0 Å². The first-order valence-corrected chi connectivity index (χ1v) is 14.4. The van der Waals surface area contributed by atoms with Gasteiger partial charge in [-0.3, -0.25) is 9.48 Å². The summed E-state index contributed by atoms with van der Waals surface area (Å²) in [5.74, 6) is 0.906. The number of hydrogen-bond donors (Lipinski definition) is 2. The highest BCUT2D eigenvalue weighted by molar-refractivity contribution is 6.09. The molecule has 5 heterocycles. The van der Waals surface area contributed by atoms with Gasteiger partial charge in [0.25, 0.3) is 5.91 Å². The SMILES string of the molecule is CC.CC.Cc1ccc(-c2noc([C@@H]3CC4(CC4)CN3)n2)cc1NC(=O)c1cnn2cc(-c3ccn(C)n3)ccc12. The average Bonchev–Trinajstić information content (AvgIpc) is 3.47. The van der Waals surface area contributed by atoms with E-state index in [0.29, 0.717) is 33.9 Å². The Labute approximate surface area is 240 Å². The van der Waals surface area contributed by atoms with Gasteiger partial charge in [0.1, 0.15) is 0 Å². The molecule has 214 valence electrons. The summed E-state index contributed by atoms with van der Waals surface area (Å²) in [4.78, 5) is 17.9. The Balaban J connectivity index is 0.000000810. The second kappa shape index (κ2) is 11.7. The van der Waals surface area contributed by atoms with Crippen LogP contribution in [0.1, 0.15) is 74.8 Å². The first kappa shape index (κ1) is 28.2. The molecule has 2 N–H and O–H groups in total. The zero-order valence-electron chi connectivity index (χ0n) is 24.6. The van der Waals surface area contributed by atoms with Gasteiger partial charge in [-0.05, 0) is 61.4 Å². The largest absolute Gasteiger partial charge is 0.337 e. The highest BCUT2D eigenvalue weighted by atomic mass is 16.5. The van der Waals surface area contributed by atoms with Crippen LogP contribution in [0.25, 0.3) is 28.2 Å². The van der Waals surface area contributed by atoms with Crippen LogP contribution in [0.3, 0.4) is 0 Å². The molecule has 10 nitrogen and oxygen atoms in total.